The summed E-state index contributed by atoms with van der Waals surface area (Å²) in [4.78, 5) is 26.3. The molecule has 1 aliphatic heterocycles. The van der Waals surface area contributed by atoms with Gasteiger partial charge in [0.2, 0.25) is 5.91 Å². The molecule has 24 heavy (non-hydrogen) atoms. The molecule has 1 aromatic rings. The van der Waals surface area contributed by atoms with Crippen molar-refractivity contribution in [3.8, 4) is 0 Å². The summed E-state index contributed by atoms with van der Waals surface area (Å²) in [6.07, 6.45) is 1.39. The summed E-state index contributed by atoms with van der Waals surface area (Å²) >= 11 is 0. The fraction of sp³-hybridized carbons (Fsp3) is 0.579. The Balaban J connectivity index is 1.93. The maximum absolute atomic E-state index is 12.8. The number of alkyl carbamates (subject to hydrolysis) is 1. The van der Waals surface area contributed by atoms with Crippen LogP contribution in [0, 0.1) is 5.92 Å². The molecule has 0 aromatic heterocycles. The molecule has 1 aromatic carbocycles. The first-order chi connectivity index (χ1) is 11.5. The van der Waals surface area contributed by atoms with Gasteiger partial charge in [-0.15, -0.1) is 0 Å². The number of hydrogen-bond acceptors (Lipinski definition) is 3. The normalized spacial score (nSPS) is 16.8. The molecule has 0 saturated carbocycles. The van der Waals surface area contributed by atoms with Crippen molar-refractivity contribution >= 4 is 12.0 Å². The number of carbonyl (C=O) groups is 2. The number of ether oxygens (including phenoxy) is 1. The van der Waals surface area contributed by atoms with Gasteiger partial charge in [-0.1, -0.05) is 44.2 Å². The van der Waals surface area contributed by atoms with E-state index in [0.29, 0.717) is 12.5 Å². The Morgan fingerprint density at radius 2 is 1.83 bits per heavy atom. The molecule has 1 atom stereocenters. The number of nitrogens with one attached hydrogen (secondary N) is 1. The second-order valence-corrected chi connectivity index (χ2v) is 6.60. The van der Waals surface area contributed by atoms with Gasteiger partial charge in [0.15, 0.2) is 0 Å². The molecule has 1 unspecified atom stereocenters. The SMILES string of the molecule is CCOC(=O)NC(C(=O)N1CCC(c2ccccc2)CC1)C(C)C. The smallest absolute Gasteiger partial charge is 0.407 e. The second-order valence-electron chi connectivity index (χ2n) is 6.60. The van der Waals surface area contributed by atoms with Gasteiger partial charge < -0.3 is 15.0 Å². The quantitative estimate of drug-likeness (QED) is 0.901. The summed E-state index contributed by atoms with van der Waals surface area (Å²) in [5, 5.41) is 2.70. The Morgan fingerprint density at radius 3 is 2.38 bits per heavy atom. The van der Waals surface area contributed by atoms with Gasteiger partial charge in [0, 0.05) is 13.1 Å². The van der Waals surface area contributed by atoms with Gasteiger partial charge in [-0.2, -0.15) is 0 Å². The number of amides is 2. The van der Waals surface area contributed by atoms with Crippen LogP contribution in [0.5, 0.6) is 0 Å². The van der Waals surface area contributed by atoms with E-state index in [1.807, 2.05) is 24.8 Å². The Labute approximate surface area is 144 Å². The third-order valence-corrected chi connectivity index (χ3v) is 4.56. The fourth-order valence-electron chi connectivity index (χ4n) is 3.17. The van der Waals surface area contributed by atoms with Crippen molar-refractivity contribution in [2.24, 2.45) is 5.92 Å². The number of rotatable bonds is 5. The average molecular weight is 332 g/mol. The van der Waals surface area contributed by atoms with E-state index in [1.54, 1.807) is 6.92 Å². The number of nitrogens with zero attached hydrogens (tertiary/aromatic N) is 1. The zero-order valence-corrected chi connectivity index (χ0v) is 14.8. The van der Waals surface area contributed by atoms with Crippen molar-refractivity contribution in [2.45, 2.75) is 45.6 Å². The second kappa shape index (κ2) is 8.71. The Kier molecular flexibility index (Phi) is 6.64. The lowest BCUT2D eigenvalue weighted by Crippen LogP contribution is -2.52. The summed E-state index contributed by atoms with van der Waals surface area (Å²) in [5.74, 6) is 0.518. The molecule has 1 fully saturated rings. The molecule has 1 heterocycles. The van der Waals surface area contributed by atoms with Crippen LogP contribution in [0.15, 0.2) is 30.3 Å². The van der Waals surface area contributed by atoms with E-state index in [9.17, 15) is 9.59 Å². The average Bonchev–Trinajstić information content (AvgIpc) is 2.60. The highest BCUT2D eigenvalue weighted by Gasteiger charge is 2.31. The summed E-state index contributed by atoms with van der Waals surface area (Å²) in [6.45, 7) is 7.38. The molecule has 1 saturated heterocycles. The highest BCUT2D eigenvalue weighted by molar-refractivity contribution is 5.86. The van der Waals surface area contributed by atoms with Gasteiger partial charge in [-0.05, 0) is 37.2 Å². The van der Waals surface area contributed by atoms with Crippen LogP contribution in [0.1, 0.15) is 45.1 Å². The summed E-state index contributed by atoms with van der Waals surface area (Å²) in [5.41, 5.74) is 1.34. The van der Waals surface area contributed by atoms with E-state index in [-0.39, 0.29) is 11.8 Å². The van der Waals surface area contributed by atoms with E-state index in [1.165, 1.54) is 5.56 Å². The van der Waals surface area contributed by atoms with Crippen molar-refractivity contribution in [1.82, 2.24) is 10.2 Å². The van der Waals surface area contributed by atoms with Crippen LogP contribution in [0.4, 0.5) is 4.79 Å². The Hall–Kier alpha value is -2.04. The zero-order chi connectivity index (χ0) is 17.5. The van der Waals surface area contributed by atoms with Crippen LogP contribution >= 0.6 is 0 Å². The van der Waals surface area contributed by atoms with Crippen LogP contribution in [0.2, 0.25) is 0 Å². The predicted octanol–water partition coefficient (Wildman–Crippen LogP) is 3.16. The zero-order valence-electron chi connectivity index (χ0n) is 14.8. The minimum Gasteiger partial charge on any atom is -0.450 e. The van der Waals surface area contributed by atoms with Crippen molar-refractivity contribution in [1.29, 1.82) is 0 Å². The van der Waals surface area contributed by atoms with E-state index < -0.39 is 12.1 Å². The highest BCUT2D eigenvalue weighted by atomic mass is 16.5. The third-order valence-electron chi connectivity index (χ3n) is 4.56. The Bertz CT molecular complexity index is 537. The number of carbonyl (C=O) groups excluding carboxylic acids is 2. The molecule has 0 spiro atoms. The largest absolute Gasteiger partial charge is 0.450 e. The molecule has 132 valence electrons. The lowest BCUT2D eigenvalue weighted by molar-refractivity contribution is -0.135. The van der Waals surface area contributed by atoms with E-state index in [0.717, 1.165) is 25.9 Å². The highest BCUT2D eigenvalue weighted by Crippen LogP contribution is 2.28. The Morgan fingerprint density at radius 1 is 1.21 bits per heavy atom. The minimum atomic E-state index is -0.530. The van der Waals surface area contributed by atoms with Crippen LogP contribution in [0.25, 0.3) is 0 Å². The molecule has 0 radical (unpaired) electrons. The molecule has 5 nitrogen and oxygen atoms in total. The first kappa shape index (κ1) is 18.3. The van der Waals surface area contributed by atoms with E-state index >= 15 is 0 Å². The van der Waals surface area contributed by atoms with Gasteiger partial charge >= 0.3 is 6.09 Å². The summed E-state index contributed by atoms with van der Waals surface area (Å²) < 4.78 is 4.91. The molecule has 2 amide bonds. The molecular weight excluding hydrogens is 304 g/mol. The molecule has 5 heteroatoms. The van der Waals surface area contributed by atoms with Gasteiger partial charge in [-0.25, -0.2) is 4.79 Å². The van der Waals surface area contributed by atoms with Crippen LogP contribution in [-0.2, 0) is 9.53 Å². The van der Waals surface area contributed by atoms with Crippen molar-refractivity contribution < 1.29 is 14.3 Å². The van der Waals surface area contributed by atoms with Gasteiger partial charge in [0.1, 0.15) is 6.04 Å². The first-order valence-electron chi connectivity index (χ1n) is 8.80. The molecule has 0 aliphatic carbocycles. The van der Waals surface area contributed by atoms with Crippen LogP contribution in [0.3, 0.4) is 0 Å². The van der Waals surface area contributed by atoms with Crippen LogP contribution < -0.4 is 5.32 Å². The molecule has 2 rings (SSSR count). The maximum atomic E-state index is 12.8. The molecule has 0 bridgehead atoms. The molecule has 1 N–H and O–H groups in total. The minimum absolute atomic E-state index is 0.00966. The van der Waals surface area contributed by atoms with E-state index in [4.69, 9.17) is 4.74 Å². The molecular formula is C19H28N2O3. The monoisotopic (exact) mass is 332 g/mol. The van der Waals surface area contributed by atoms with E-state index in [2.05, 4.69) is 29.6 Å². The summed E-state index contributed by atoms with van der Waals surface area (Å²) in [7, 11) is 0. The summed E-state index contributed by atoms with van der Waals surface area (Å²) in [6, 6.07) is 9.92. The lowest BCUT2D eigenvalue weighted by atomic mass is 9.89. The third kappa shape index (κ3) is 4.73. The maximum Gasteiger partial charge on any atom is 0.407 e. The predicted molar refractivity (Wildman–Crippen MR) is 93.8 cm³/mol. The van der Waals surface area contributed by atoms with Gasteiger partial charge in [-0.3, -0.25) is 4.79 Å². The number of piperidine rings is 1. The van der Waals surface area contributed by atoms with Gasteiger partial charge in [0.25, 0.3) is 0 Å². The lowest BCUT2D eigenvalue weighted by Gasteiger charge is -2.35. The number of likely N-dealkylation sites (tertiary alicyclic amines) is 1. The number of benzene rings is 1. The molecule has 1 aliphatic rings. The topological polar surface area (TPSA) is 58.6 Å². The van der Waals surface area contributed by atoms with Gasteiger partial charge in [0.05, 0.1) is 6.61 Å². The first-order valence-corrected chi connectivity index (χ1v) is 8.80. The number of hydrogen-bond donors (Lipinski definition) is 1. The standard InChI is InChI=1S/C19H28N2O3/c1-4-24-19(23)20-17(14(2)3)18(22)21-12-10-16(11-13-21)15-8-6-5-7-9-15/h5-9,14,16-17H,4,10-13H2,1-3H3,(H,20,23). The van der Waals surface area contributed by atoms with Crippen molar-refractivity contribution in [3.05, 3.63) is 35.9 Å². The fourth-order valence-corrected chi connectivity index (χ4v) is 3.17. The van der Waals surface area contributed by atoms with Crippen molar-refractivity contribution in [3.63, 3.8) is 0 Å². The van der Waals surface area contributed by atoms with Crippen molar-refractivity contribution in [2.75, 3.05) is 19.7 Å². The van der Waals surface area contributed by atoms with Crippen LogP contribution in [-0.4, -0.2) is 42.6 Å².